The molecule has 0 saturated carbocycles. The molecule has 0 fully saturated rings. The molecule has 4 nitrogen and oxygen atoms in total. The fraction of sp³-hybridized carbons (Fsp3) is 0.174. The number of hydrogen-bond donors (Lipinski definition) is 1. The van der Waals surface area contributed by atoms with Gasteiger partial charge >= 0.3 is 0 Å². The minimum atomic E-state index is -0.473. The van der Waals surface area contributed by atoms with Gasteiger partial charge in [0.1, 0.15) is 11.6 Å². The summed E-state index contributed by atoms with van der Waals surface area (Å²) >= 11 is 0. The predicted molar refractivity (Wildman–Crippen MR) is 109 cm³/mol. The molecule has 0 radical (unpaired) electrons. The van der Waals surface area contributed by atoms with Crippen LogP contribution in [0.3, 0.4) is 0 Å². The van der Waals surface area contributed by atoms with Crippen LogP contribution in [0.25, 0.3) is 16.7 Å². The van der Waals surface area contributed by atoms with E-state index in [1.807, 2.05) is 72.2 Å². The topological polar surface area (TPSA) is 53.1 Å². The lowest BCUT2D eigenvalue weighted by atomic mass is 10.1. The monoisotopic (exact) mass is 375 g/mol. The molecule has 2 atom stereocenters. The van der Waals surface area contributed by atoms with Crippen molar-refractivity contribution in [3.8, 4) is 5.69 Å². The standard InChI is InChI=1S/C23H22FN3O/c1-16(28-15-17-8-4-2-5-9-17)22(25)23-26-20-13-12-18(24)14-21(20)27(23)19-10-6-3-7-11-19/h2-14,16,22H,15,25H2,1H3. The van der Waals surface area contributed by atoms with E-state index < -0.39 is 6.04 Å². The Hall–Kier alpha value is -3.02. The van der Waals surface area contributed by atoms with Crippen LogP contribution in [0.15, 0.2) is 78.9 Å². The van der Waals surface area contributed by atoms with Gasteiger partial charge in [0.05, 0.1) is 29.8 Å². The first-order valence-corrected chi connectivity index (χ1v) is 9.28. The summed E-state index contributed by atoms with van der Waals surface area (Å²) in [6.45, 7) is 2.40. The molecule has 0 aliphatic heterocycles. The molecular weight excluding hydrogens is 353 g/mol. The minimum Gasteiger partial charge on any atom is -0.372 e. The Balaban J connectivity index is 1.69. The Morgan fingerprint density at radius 1 is 1.00 bits per heavy atom. The third-order valence-electron chi connectivity index (χ3n) is 4.82. The molecule has 1 aromatic heterocycles. The summed E-state index contributed by atoms with van der Waals surface area (Å²) < 4.78 is 21.8. The summed E-state index contributed by atoms with van der Waals surface area (Å²) in [5, 5.41) is 0. The average molecular weight is 375 g/mol. The van der Waals surface area contributed by atoms with Crippen molar-refractivity contribution in [3.63, 3.8) is 0 Å². The third kappa shape index (κ3) is 3.67. The van der Waals surface area contributed by atoms with Gasteiger partial charge in [-0.1, -0.05) is 48.5 Å². The van der Waals surface area contributed by atoms with Crippen molar-refractivity contribution < 1.29 is 9.13 Å². The van der Waals surface area contributed by atoms with Crippen molar-refractivity contribution in [2.45, 2.75) is 25.7 Å². The number of aromatic nitrogens is 2. The third-order valence-corrected chi connectivity index (χ3v) is 4.82. The van der Waals surface area contributed by atoms with Gasteiger partial charge in [-0.3, -0.25) is 4.57 Å². The van der Waals surface area contributed by atoms with E-state index in [1.165, 1.54) is 12.1 Å². The highest BCUT2D eigenvalue weighted by Gasteiger charge is 2.24. The van der Waals surface area contributed by atoms with E-state index in [-0.39, 0.29) is 11.9 Å². The van der Waals surface area contributed by atoms with Crippen molar-refractivity contribution in [1.82, 2.24) is 9.55 Å². The Bertz CT molecular complexity index is 1060. The molecule has 4 rings (SSSR count). The zero-order valence-corrected chi connectivity index (χ0v) is 15.6. The molecule has 0 aliphatic rings. The Morgan fingerprint density at radius 3 is 2.39 bits per heavy atom. The Labute approximate surface area is 163 Å². The molecule has 0 saturated heterocycles. The van der Waals surface area contributed by atoms with Crippen LogP contribution >= 0.6 is 0 Å². The second-order valence-electron chi connectivity index (χ2n) is 6.80. The Morgan fingerprint density at radius 2 is 1.68 bits per heavy atom. The summed E-state index contributed by atoms with van der Waals surface area (Å²) in [6.07, 6.45) is -0.274. The molecule has 4 aromatic rings. The SMILES string of the molecule is CC(OCc1ccccc1)C(N)c1nc2ccc(F)cc2n1-c1ccccc1. The number of nitrogens with zero attached hydrogens (tertiary/aromatic N) is 2. The summed E-state index contributed by atoms with van der Waals surface area (Å²) in [4.78, 5) is 4.70. The second kappa shape index (κ2) is 7.92. The molecule has 0 amide bonds. The van der Waals surface area contributed by atoms with E-state index in [4.69, 9.17) is 15.5 Å². The lowest BCUT2D eigenvalue weighted by Gasteiger charge is -2.21. The number of benzene rings is 3. The van der Waals surface area contributed by atoms with E-state index in [9.17, 15) is 4.39 Å². The number of rotatable bonds is 6. The van der Waals surface area contributed by atoms with Crippen LogP contribution < -0.4 is 5.73 Å². The highest BCUT2D eigenvalue weighted by Crippen LogP contribution is 2.27. The molecule has 5 heteroatoms. The lowest BCUT2D eigenvalue weighted by Crippen LogP contribution is -2.29. The van der Waals surface area contributed by atoms with Gasteiger partial charge in [-0.05, 0) is 36.8 Å². The largest absolute Gasteiger partial charge is 0.372 e. The summed E-state index contributed by atoms with van der Waals surface area (Å²) in [7, 11) is 0. The lowest BCUT2D eigenvalue weighted by molar-refractivity contribution is 0.0337. The van der Waals surface area contributed by atoms with Gasteiger partial charge in [-0.25, -0.2) is 9.37 Å². The number of imidazole rings is 1. The first kappa shape index (κ1) is 18.3. The number of hydrogen-bond acceptors (Lipinski definition) is 3. The van der Waals surface area contributed by atoms with Gasteiger partial charge in [-0.15, -0.1) is 0 Å². The van der Waals surface area contributed by atoms with E-state index in [0.29, 0.717) is 23.5 Å². The molecular formula is C23H22FN3O. The van der Waals surface area contributed by atoms with Crippen molar-refractivity contribution in [1.29, 1.82) is 0 Å². The number of fused-ring (bicyclic) bond motifs is 1. The van der Waals surface area contributed by atoms with E-state index in [0.717, 1.165) is 11.3 Å². The molecule has 2 unspecified atom stereocenters. The van der Waals surface area contributed by atoms with Crippen LogP contribution in [0.2, 0.25) is 0 Å². The first-order chi connectivity index (χ1) is 13.6. The predicted octanol–water partition coefficient (Wildman–Crippen LogP) is 4.77. The van der Waals surface area contributed by atoms with Gasteiger partial charge in [-0.2, -0.15) is 0 Å². The molecule has 2 N–H and O–H groups in total. The summed E-state index contributed by atoms with van der Waals surface area (Å²) in [5.41, 5.74) is 9.90. The average Bonchev–Trinajstić information content (AvgIpc) is 3.11. The van der Waals surface area contributed by atoms with E-state index in [2.05, 4.69) is 0 Å². The molecule has 3 aromatic carbocycles. The second-order valence-corrected chi connectivity index (χ2v) is 6.80. The molecule has 0 aliphatic carbocycles. The smallest absolute Gasteiger partial charge is 0.134 e. The van der Waals surface area contributed by atoms with Gasteiger partial charge in [0, 0.05) is 11.8 Å². The molecule has 0 bridgehead atoms. The van der Waals surface area contributed by atoms with Crippen LogP contribution in [0, 0.1) is 5.82 Å². The maximum Gasteiger partial charge on any atom is 0.134 e. The number of ether oxygens (including phenoxy) is 1. The van der Waals surface area contributed by atoms with Crippen LogP contribution in [-0.2, 0) is 11.3 Å². The number of nitrogens with two attached hydrogens (primary N) is 1. The van der Waals surface area contributed by atoms with E-state index >= 15 is 0 Å². The highest BCUT2D eigenvalue weighted by atomic mass is 19.1. The van der Waals surface area contributed by atoms with Crippen molar-refractivity contribution in [2.24, 2.45) is 5.73 Å². The fourth-order valence-electron chi connectivity index (χ4n) is 3.25. The molecule has 28 heavy (non-hydrogen) atoms. The van der Waals surface area contributed by atoms with Crippen molar-refractivity contribution >= 4 is 11.0 Å². The van der Waals surface area contributed by atoms with Gasteiger partial charge in [0.15, 0.2) is 0 Å². The van der Waals surface area contributed by atoms with Crippen molar-refractivity contribution in [3.05, 3.63) is 96.1 Å². The fourth-order valence-corrected chi connectivity index (χ4v) is 3.25. The quantitative estimate of drug-likeness (QED) is 0.528. The number of halogens is 1. The molecule has 0 spiro atoms. The summed E-state index contributed by atoms with van der Waals surface area (Å²) in [5.74, 6) is 0.338. The van der Waals surface area contributed by atoms with Gasteiger partial charge < -0.3 is 10.5 Å². The highest BCUT2D eigenvalue weighted by molar-refractivity contribution is 5.78. The molecule has 1 heterocycles. The maximum atomic E-state index is 13.9. The summed E-state index contributed by atoms with van der Waals surface area (Å²) in [6, 6.07) is 23.8. The zero-order chi connectivity index (χ0) is 19.5. The number of para-hydroxylation sites is 1. The minimum absolute atomic E-state index is 0.274. The van der Waals surface area contributed by atoms with Crippen LogP contribution in [0.5, 0.6) is 0 Å². The Kier molecular flexibility index (Phi) is 5.19. The van der Waals surface area contributed by atoms with Crippen LogP contribution in [0.1, 0.15) is 24.4 Å². The van der Waals surface area contributed by atoms with E-state index in [1.54, 1.807) is 6.07 Å². The maximum absolute atomic E-state index is 13.9. The normalized spacial score (nSPS) is 13.5. The van der Waals surface area contributed by atoms with Crippen LogP contribution in [-0.4, -0.2) is 15.7 Å². The first-order valence-electron chi connectivity index (χ1n) is 9.28. The van der Waals surface area contributed by atoms with Crippen LogP contribution in [0.4, 0.5) is 4.39 Å². The van der Waals surface area contributed by atoms with Gasteiger partial charge in [0.25, 0.3) is 0 Å². The van der Waals surface area contributed by atoms with Gasteiger partial charge in [0.2, 0.25) is 0 Å². The molecule has 142 valence electrons. The zero-order valence-electron chi connectivity index (χ0n) is 15.6. The van der Waals surface area contributed by atoms with Crippen molar-refractivity contribution in [2.75, 3.05) is 0 Å².